The van der Waals surface area contributed by atoms with Crippen molar-refractivity contribution in [2.75, 3.05) is 0 Å². The smallest absolute Gasteiger partial charge is 0.244 e. The van der Waals surface area contributed by atoms with Crippen LogP contribution in [0.25, 0.3) is 0 Å². The number of aromatic amines is 1. The monoisotopic (exact) mass is 470 g/mol. The lowest BCUT2D eigenvalue weighted by Crippen LogP contribution is -2.21. The van der Waals surface area contributed by atoms with Gasteiger partial charge in [-0.2, -0.15) is 5.26 Å². The molecule has 4 rings (SSSR count). The molecular weight excluding hydrogens is 451 g/mol. The Balaban J connectivity index is 1.77. The first-order chi connectivity index (χ1) is 14.8. The van der Waals surface area contributed by atoms with Gasteiger partial charge in [-0.05, 0) is 61.2 Å². The van der Waals surface area contributed by atoms with Gasteiger partial charge >= 0.3 is 0 Å². The highest BCUT2D eigenvalue weighted by molar-refractivity contribution is 7.98. The average Bonchev–Trinajstić information content (AvgIpc) is 3.09. The number of aromatic nitrogens is 2. The van der Waals surface area contributed by atoms with E-state index in [0.717, 1.165) is 32.8 Å². The van der Waals surface area contributed by atoms with E-state index >= 15 is 0 Å². The van der Waals surface area contributed by atoms with E-state index in [0.29, 0.717) is 27.3 Å². The Morgan fingerprint density at radius 2 is 1.97 bits per heavy atom. The van der Waals surface area contributed by atoms with Crippen LogP contribution in [0.5, 0.6) is 5.88 Å². The lowest BCUT2D eigenvalue weighted by molar-refractivity contribution is 0.378. The van der Waals surface area contributed by atoms with Crippen molar-refractivity contribution >= 4 is 35.0 Å². The fourth-order valence-electron chi connectivity index (χ4n) is 3.84. The van der Waals surface area contributed by atoms with Gasteiger partial charge in [0.15, 0.2) is 0 Å². The lowest BCUT2D eigenvalue weighted by Gasteiger charge is -2.26. The highest BCUT2D eigenvalue weighted by Gasteiger charge is 2.35. The summed E-state index contributed by atoms with van der Waals surface area (Å²) in [5.74, 6) is 0.876. The molecule has 1 aromatic heterocycles. The molecule has 5 nitrogen and oxygen atoms in total. The Hall–Kier alpha value is -2.59. The van der Waals surface area contributed by atoms with Crippen LogP contribution in [-0.4, -0.2) is 10.2 Å². The number of nitrogens with two attached hydrogens (primary N) is 1. The molecule has 2 heterocycles. The quantitative estimate of drug-likeness (QED) is 0.446. The standard InChI is InChI=1S/C23H20Cl2N4OS/c1-11-6-12(2)16(7-14(11)10-31-19-8-15(24)4-5-18(19)25)21-17(9-26)22(27)30-23-20(21)13(3)28-29-23/h4-8,21H,10,27H2,1-3H3,(H,28,29). The first-order valence-electron chi connectivity index (χ1n) is 9.60. The zero-order valence-electron chi connectivity index (χ0n) is 17.2. The number of allylic oxidation sites excluding steroid dienone is 1. The van der Waals surface area contributed by atoms with Crippen molar-refractivity contribution < 1.29 is 4.74 Å². The predicted molar refractivity (Wildman–Crippen MR) is 125 cm³/mol. The van der Waals surface area contributed by atoms with Gasteiger partial charge in [-0.1, -0.05) is 35.3 Å². The third-order valence-corrected chi connectivity index (χ3v) is 7.22. The number of H-pyrrole nitrogens is 1. The Morgan fingerprint density at radius 3 is 2.71 bits per heavy atom. The van der Waals surface area contributed by atoms with Gasteiger partial charge in [0.1, 0.15) is 11.6 Å². The van der Waals surface area contributed by atoms with Crippen LogP contribution >= 0.6 is 35.0 Å². The van der Waals surface area contributed by atoms with Crippen molar-refractivity contribution in [1.82, 2.24) is 10.2 Å². The summed E-state index contributed by atoms with van der Waals surface area (Å²) in [5, 5.41) is 18.3. The number of hydrogen-bond donors (Lipinski definition) is 2. The molecule has 1 aliphatic rings. The summed E-state index contributed by atoms with van der Waals surface area (Å²) in [6.45, 7) is 6.04. The molecule has 3 aromatic rings. The number of aryl methyl sites for hydroxylation is 3. The largest absolute Gasteiger partial charge is 0.420 e. The zero-order valence-corrected chi connectivity index (χ0v) is 19.5. The van der Waals surface area contributed by atoms with Crippen molar-refractivity contribution in [2.45, 2.75) is 37.3 Å². The van der Waals surface area contributed by atoms with E-state index in [2.05, 4.69) is 35.3 Å². The molecular formula is C23H20Cl2N4OS. The van der Waals surface area contributed by atoms with Crippen molar-refractivity contribution in [1.29, 1.82) is 5.26 Å². The number of benzene rings is 2. The first kappa shape index (κ1) is 21.6. The van der Waals surface area contributed by atoms with Crippen LogP contribution in [0, 0.1) is 32.1 Å². The molecule has 1 aliphatic heterocycles. The summed E-state index contributed by atoms with van der Waals surface area (Å²) in [6, 6.07) is 12.0. The minimum absolute atomic E-state index is 0.0908. The van der Waals surface area contributed by atoms with Gasteiger partial charge in [-0.25, -0.2) is 0 Å². The number of fused-ring (bicyclic) bond motifs is 1. The highest BCUT2D eigenvalue weighted by atomic mass is 35.5. The molecule has 0 aliphatic carbocycles. The molecule has 8 heteroatoms. The van der Waals surface area contributed by atoms with Gasteiger partial charge in [-0.3, -0.25) is 5.10 Å². The van der Waals surface area contributed by atoms with Gasteiger partial charge in [0.25, 0.3) is 0 Å². The fourth-order valence-corrected chi connectivity index (χ4v) is 5.39. The Morgan fingerprint density at radius 1 is 1.19 bits per heavy atom. The van der Waals surface area contributed by atoms with Crippen molar-refractivity contribution in [3.8, 4) is 11.9 Å². The molecule has 1 unspecified atom stereocenters. The summed E-state index contributed by atoms with van der Waals surface area (Å²) in [5.41, 5.74) is 12.5. The number of nitrogens with one attached hydrogen (secondary N) is 1. The molecule has 0 spiro atoms. The second-order valence-corrected chi connectivity index (χ2v) is 9.35. The molecule has 0 bridgehead atoms. The van der Waals surface area contributed by atoms with Gasteiger partial charge in [0.2, 0.25) is 11.8 Å². The van der Waals surface area contributed by atoms with Crippen molar-refractivity contribution in [3.63, 3.8) is 0 Å². The minimum Gasteiger partial charge on any atom is -0.420 e. The molecule has 0 radical (unpaired) electrons. The first-order valence-corrected chi connectivity index (χ1v) is 11.3. The molecule has 0 saturated carbocycles. The minimum atomic E-state index is -0.341. The van der Waals surface area contributed by atoms with E-state index in [4.69, 9.17) is 33.7 Å². The van der Waals surface area contributed by atoms with Crippen LogP contribution in [0.4, 0.5) is 0 Å². The third kappa shape index (κ3) is 4.01. The van der Waals surface area contributed by atoms with Crippen molar-refractivity contribution in [3.05, 3.63) is 85.3 Å². The van der Waals surface area contributed by atoms with Gasteiger partial charge in [0.05, 0.1) is 10.9 Å². The van der Waals surface area contributed by atoms with Crippen molar-refractivity contribution in [2.24, 2.45) is 5.73 Å². The SMILES string of the molecule is Cc1cc(C)c(C2C(C#N)=C(N)Oc3n[nH]c(C)c32)cc1CSc1cc(Cl)ccc1Cl. The van der Waals surface area contributed by atoms with Crippen LogP contribution in [0.1, 0.15) is 39.4 Å². The normalized spacial score (nSPS) is 15.4. The number of nitrogens with zero attached hydrogens (tertiary/aromatic N) is 2. The molecule has 0 saturated heterocycles. The molecule has 31 heavy (non-hydrogen) atoms. The number of halogens is 2. The summed E-state index contributed by atoms with van der Waals surface area (Å²) in [6.07, 6.45) is 0. The fraction of sp³-hybridized carbons (Fsp3) is 0.217. The van der Waals surface area contributed by atoms with Gasteiger partial charge in [0, 0.05) is 26.9 Å². The van der Waals surface area contributed by atoms with E-state index in [1.54, 1.807) is 23.9 Å². The molecule has 158 valence electrons. The molecule has 0 amide bonds. The number of rotatable bonds is 4. The number of hydrogen-bond acceptors (Lipinski definition) is 5. The predicted octanol–water partition coefficient (Wildman–Crippen LogP) is 6.15. The van der Waals surface area contributed by atoms with Crippen LogP contribution < -0.4 is 10.5 Å². The zero-order chi connectivity index (χ0) is 22.3. The summed E-state index contributed by atoms with van der Waals surface area (Å²) >= 11 is 14.1. The summed E-state index contributed by atoms with van der Waals surface area (Å²) in [4.78, 5) is 0.927. The Labute approximate surface area is 195 Å². The molecule has 2 aromatic carbocycles. The van der Waals surface area contributed by atoms with E-state index in [9.17, 15) is 5.26 Å². The Kier molecular flexibility index (Phi) is 5.94. The maximum absolute atomic E-state index is 9.84. The maximum atomic E-state index is 9.84. The second-order valence-electron chi connectivity index (χ2n) is 7.49. The number of thioether (sulfide) groups is 1. The molecule has 1 atom stereocenters. The topological polar surface area (TPSA) is 87.7 Å². The maximum Gasteiger partial charge on any atom is 0.244 e. The van der Waals surface area contributed by atoms with Crippen LogP contribution in [0.3, 0.4) is 0 Å². The van der Waals surface area contributed by atoms with Crippen LogP contribution in [-0.2, 0) is 5.75 Å². The highest BCUT2D eigenvalue weighted by Crippen LogP contribution is 2.44. The Bertz CT molecular complexity index is 1260. The third-order valence-electron chi connectivity index (χ3n) is 5.44. The number of ether oxygens (including phenoxy) is 1. The summed E-state index contributed by atoms with van der Waals surface area (Å²) < 4.78 is 5.59. The van der Waals surface area contributed by atoms with Gasteiger partial charge in [-0.15, -0.1) is 16.9 Å². The second kappa shape index (κ2) is 8.51. The molecule has 0 fully saturated rings. The lowest BCUT2D eigenvalue weighted by atomic mass is 9.81. The van der Waals surface area contributed by atoms with Crippen LogP contribution in [0.2, 0.25) is 10.0 Å². The summed E-state index contributed by atoms with van der Waals surface area (Å²) in [7, 11) is 0. The van der Waals surface area contributed by atoms with E-state index < -0.39 is 0 Å². The number of nitriles is 1. The van der Waals surface area contributed by atoms with E-state index in [1.807, 2.05) is 19.9 Å². The van der Waals surface area contributed by atoms with E-state index in [1.165, 1.54) is 5.56 Å². The van der Waals surface area contributed by atoms with Crippen LogP contribution in [0.15, 0.2) is 46.7 Å². The van der Waals surface area contributed by atoms with Gasteiger partial charge < -0.3 is 10.5 Å². The average molecular weight is 471 g/mol. The molecule has 3 N–H and O–H groups in total. The van der Waals surface area contributed by atoms with E-state index in [-0.39, 0.29) is 11.8 Å².